The van der Waals surface area contributed by atoms with E-state index >= 15 is 0 Å². The second-order valence-corrected chi connectivity index (χ2v) is 9.66. The minimum atomic E-state index is -0.0146. The lowest BCUT2D eigenvalue weighted by Crippen LogP contribution is -2.20. The molecule has 1 unspecified atom stereocenters. The Morgan fingerprint density at radius 1 is 1.04 bits per heavy atom. The van der Waals surface area contributed by atoms with E-state index in [4.69, 9.17) is 0 Å². The topological polar surface area (TPSA) is 34.1 Å². The summed E-state index contributed by atoms with van der Waals surface area (Å²) < 4.78 is 0. The number of carbonyl (C=O) groups excluding carboxylic acids is 2. The van der Waals surface area contributed by atoms with Gasteiger partial charge in [-0.25, -0.2) is 0 Å². The molecular formula is C26H36O2. The maximum absolute atomic E-state index is 12.9. The first-order chi connectivity index (χ1) is 13.0. The Hall–Kier alpha value is -1.96. The van der Waals surface area contributed by atoms with Gasteiger partial charge in [0, 0.05) is 22.3 Å². The van der Waals surface area contributed by atoms with Crippen molar-refractivity contribution in [3.8, 4) is 0 Å². The fraction of sp³-hybridized carbons (Fsp3) is 0.538. The minimum Gasteiger partial charge on any atom is -0.289 e. The summed E-state index contributed by atoms with van der Waals surface area (Å²) >= 11 is 0. The molecule has 0 spiro atoms. The fourth-order valence-corrected chi connectivity index (χ4v) is 3.94. The third-order valence-corrected chi connectivity index (χ3v) is 6.31. The van der Waals surface area contributed by atoms with Gasteiger partial charge < -0.3 is 0 Å². The van der Waals surface area contributed by atoms with Crippen molar-refractivity contribution >= 4 is 11.6 Å². The molecule has 0 saturated carbocycles. The van der Waals surface area contributed by atoms with Crippen LogP contribution >= 0.6 is 0 Å². The van der Waals surface area contributed by atoms with Crippen LogP contribution < -0.4 is 0 Å². The van der Waals surface area contributed by atoms with Gasteiger partial charge in [0.25, 0.3) is 0 Å². The van der Waals surface area contributed by atoms with E-state index < -0.39 is 0 Å². The number of rotatable bonds is 8. The highest BCUT2D eigenvalue weighted by Crippen LogP contribution is 2.34. The third-order valence-electron chi connectivity index (χ3n) is 6.31. The van der Waals surface area contributed by atoms with Crippen LogP contribution in [0.15, 0.2) is 47.1 Å². The molecule has 0 aromatic heterocycles. The van der Waals surface area contributed by atoms with Crippen LogP contribution in [-0.4, -0.2) is 11.6 Å². The van der Waals surface area contributed by atoms with Crippen molar-refractivity contribution in [2.45, 2.75) is 74.1 Å². The molecule has 2 heteroatoms. The highest BCUT2D eigenvalue weighted by molar-refractivity contribution is 6.26. The van der Waals surface area contributed by atoms with Crippen LogP contribution in [-0.2, 0) is 0 Å². The van der Waals surface area contributed by atoms with Gasteiger partial charge in [-0.3, -0.25) is 9.59 Å². The van der Waals surface area contributed by atoms with E-state index in [0.717, 1.165) is 18.3 Å². The van der Waals surface area contributed by atoms with E-state index in [2.05, 4.69) is 47.6 Å². The van der Waals surface area contributed by atoms with Gasteiger partial charge in [-0.1, -0.05) is 70.5 Å². The largest absolute Gasteiger partial charge is 0.289 e. The molecule has 28 heavy (non-hydrogen) atoms. The molecule has 0 fully saturated rings. The van der Waals surface area contributed by atoms with Crippen LogP contribution in [0, 0.1) is 17.3 Å². The molecule has 0 N–H and O–H groups in total. The van der Waals surface area contributed by atoms with Crippen molar-refractivity contribution in [1.29, 1.82) is 0 Å². The van der Waals surface area contributed by atoms with E-state index in [9.17, 15) is 9.59 Å². The van der Waals surface area contributed by atoms with Crippen molar-refractivity contribution in [1.82, 2.24) is 0 Å². The number of hydrogen-bond acceptors (Lipinski definition) is 2. The summed E-state index contributed by atoms with van der Waals surface area (Å²) in [5.41, 5.74) is 3.86. The zero-order chi connectivity index (χ0) is 21.1. The van der Waals surface area contributed by atoms with E-state index in [0.29, 0.717) is 28.7 Å². The second-order valence-electron chi connectivity index (χ2n) is 9.66. The molecule has 152 valence electrons. The molecule has 0 bridgehead atoms. The second kappa shape index (κ2) is 9.03. The van der Waals surface area contributed by atoms with E-state index in [1.807, 2.05) is 12.1 Å². The van der Waals surface area contributed by atoms with E-state index in [1.54, 1.807) is 19.1 Å². The molecule has 1 aromatic rings. The zero-order valence-electron chi connectivity index (χ0n) is 18.7. The highest BCUT2D eigenvalue weighted by Gasteiger charge is 2.29. The molecule has 0 amide bonds. The lowest BCUT2D eigenvalue weighted by atomic mass is 9.78. The van der Waals surface area contributed by atoms with Crippen LogP contribution in [0.5, 0.6) is 0 Å². The Morgan fingerprint density at radius 3 is 2.18 bits per heavy atom. The molecule has 0 heterocycles. The van der Waals surface area contributed by atoms with Crippen molar-refractivity contribution in [2.24, 2.45) is 17.3 Å². The van der Waals surface area contributed by atoms with Gasteiger partial charge in [0.1, 0.15) is 0 Å². The zero-order valence-corrected chi connectivity index (χ0v) is 18.7. The normalized spacial score (nSPS) is 16.6. The van der Waals surface area contributed by atoms with Gasteiger partial charge >= 0.3 is 0 Å². The Bertz CT molecular complexity index is 805. The van der Waals surface area contributed by atoms with Crippen LogP contribution in [0.25, 0.3) is 0 Å². The van der Waals surface area contributed by atoms with E-state index in [1.165, 1.54) is 18.4 Å². The Labute approximate surface area is 171 Å². The summed E-state index contributed by atoms with van der Waals surface area (Å²) in [6.45, 7) is 15.5. The summed E-state index contributed by atoms with van der Waals surface area (Å²) in [4.78, 5) is 25.5. The summed E-state index contributed by atoms with van der Waals surface area (Å²) in [6, 6.07) is 7.15. The van der Waals surface area contributed by atoms with Crippen molar-refractivity contribution in [2.75, 3.05) is 0 Å². The summed E-state index contributed by atoms with van der Waals surface area (Å²) in [7, 11) is 0. The van der Waals surface area contributed by atoms with Gasteiger partial charge in [-0.2, -0.15) is 0 Å². The Morgan fingerprint density at radius 2 is 1.61 bits per heavy atom. The van der Waals surface area contributed by atoms with Gasteiger partial charge in [0.2, 0.25) is 0 Å². The van der Waals surface area contributed by atoms with Crippen LogP contribution in [0.4, 0.5) is 0 Å². The SMILES string of the molecule is CC1=C(C/C=C(\C)CC(C)(C)CCC(C)C(C)C)C(=O)c2ccccc2C1=O. The summed E-state index contributed by atoms with van der Waals surface area (Å²) in [5.74, 6) is 1.45. The Balaban J connectivity index is 2.07. The monoisotopic (exact) mass is 380 g/mol. The first kappa shape index (κ1) is 22.3. The highest BCUT2D eigenvalue weighted by atomic mass is 16.1. The standard InChI is InChI=1S/C26H36O2/c1-17(2)19(4)14-15-26(6,7)16-18(3)12-13-21-20(5)24(27)22-10-8-9-11-23(22)25(21)28/h8-12,17,19H,13-16H2,1-7H3/b18-12+. The number of ketones is 2. The lowest BCUT2D eigenvalue weighted by molar-refractivity contribution is 0.0973. The number of hydrogen-bond donors (Lipinski definition) is 0. The molecule has 1 aromatic carbocycles. The first-order valence-corrected chi connectivity index (χ1v) is 10.6. The van der Waals surface area contributed by atoms with Gasteiger partial charge in [0.15, 0.2) is 11.6 Å². The van der Waals surface area contributed by atoms with Crippen LogP contribution in [0.3, 0.4) is 0 Å². The average Bonchev–Trinajstić information content (AvgIpc) is 2.63. The number of allylic oxidation sites excluding steroid dienone is 4. The molecule has 2 rings (SSSR count). The lowest BCUT2D eigenvalue weighted by Gasteiger charge is -2.28. The molecule has 2 nitrogen and oxygen atoms in total. The maximum atomic E-state index is 12.9. The quantitative estimate of drug-likeness (QED) is 0.447. The van der Waals surface area contributed by atoms with E-state index in [-0.39, 0.29) is 17.0 Å². The Kier molecular flexibility index (Phi) is 7.20. The fourth-order valence-electron chi connectivity index (χ4n) is 3.94. The summed E-state index contributed by atoms with van der Waals surface area (Å²) in [5, 5.41) is 0. The number of benzene rings is 1. The van der Waals surface area contributed by atoms with Crippen LogP contribution in [0.1, 0.15) is 94.9 Å². The van der Waals surface area contributed by atoms with Gasteiger partial charge in [-0.15, -0.1) is 0 Å². The average molecular weight is 381 g/mol. The predicted octanol–water partition coefficient (Wildman–Crippen LogP) is 7.21. The van der Waals surface area contributed by atoms with Gasteiger partial charge in [0.05, 0.1) is 0 Å². The molecule has 1 atom stereocenters. The molecule has 1 aliphatic carbocycles. The maximum Gasteiger partial charge on any atom is 0.190 e. The van der Waals surface area contributed by atoms with Crippen molar-refractivity contribution in [3.63, 3.8) is 0 Å². The van der Waals surface area contributed by atoms with Crippen molar-refractivity contribution < 1.29 is 9.59 Å². The minimum absolute atomic E-state index is 0.00164. The van der Waals surface area contributed by atoms with Crippen molar-refractivity contribution in [3.05, 3.63) is 58.2 Å². The van der Waals surface area contributed by atoms with Gasteiger partial charge in [-0.05, 0) is 56.8 Å². The molecule has 1 aliphatic rings. The molecule has 0 aliphatic heterocycles. The smallest absolute Gasteiger partial charge is 0.190 e. The van der Waals surface area contributed by atoms with Crippen LogP contribution in [0.2, 0.25) is 0 Å². The third kappa shape index (κ3) is 5.31. The number of carbonyl (C=O) groups is 2. The molecule has 0 saturated heterocycles. The predicted molar refractivity (Wildman–Crippen MR) is 118 cm³/mol. The number of fused-ring (bicyclic) bond motifs is 1. The first-order valence-electron chi connectivity index (χ1n) is 10.6. The molecule has 0 radical (unpaired) electrons. The molecular weight excluding hydrogens is 344 g/mol. The summed E-state index contributed by atoms with van der Waals surface area (Å²) in [6.07, 6.45) is 6.14. The number of Topliss-reactive ketones (excluding diaryl/α,β-unsaturated/α-hetero) is 2.